The zero-order chi connectivity index (χ0) is 82.2. The van der Waals surface area contributed by atoms with Crippen LogP contribution in [0.2, 0.25) is 0 Å². The van der Waals surface area contributed by atoms with Crippen molar-refractivity contribution in [3.63, 3.8) is 0 Å². The number of carbonyl (C=O) groups excluding carboxylic acids is 2. The second kappa shape index (κ2) is 47.2. The van der Waals surface area contributed by atoms with Crippen molar-refractivity contribution in [2.24, 2.45) is 64.1 Å². The number of fused-ring (bicyclic) bond motifs is 5. The summed E-state index contributed by atoms with van der Waals surface area (Å²) in [4.78, 5) is 24.0. The molecule has 6 aromatic rings. The Morgan fingerprint density at radius 3 is 1.24 bits per heavy atom. The fraction of sp³-hybridized carbons (Fsp3) is 0.627. The molecule has 0 radical (unpaired) electrons. The summed E-state index contributed by atoms with van der Waals surface area (Å²) in [5.74, 6) is 15.4. The van der Waals surface area contributed by atoms with E-state index >= 15 is 0 Å². The van der Waals surface area contributed by atoms with E-state index in [2.05, 4.69) is 114 Å². The lowest BCUT2D eigenvalue weighted by Crippen LogP contribution is -2.49. The number of rotatable bonds is 36. The molecule has 638 valence electrons. The van der Waals surface area contributed by atoms with E-state index in [0.29, 0.717) is 81.0 Å². The Bertz CT molecular complexity index is 3700. The van der Waals surface area contributed by atoms with Crippen molar-refractivity contribution in [1.29, 1.82) is 0 Å². The first-order valence-corrected chi connectivity index (χ1v) is 45.3. The summed E-state index contributed by atoms with van der Waals surface area (Å²) in [5.41, 5.74) is 6.05. The topological polar surface area (TPSA) is 145 Å². The van der Waals surface area contributed by atoms with E-state index in [9.17, 15) is 9.59 Å². The third-order valence-electron chi connectivity index (χ3n) is 27.6. The van der Waals surface area contributed by atoms with Gasteiger partial charge >= 0.3 is 11.9 Å². The Hall–Kier alpha value is -6.94. The van der Waals surface area contributed by atoms with Gasteiger partial charge in [0.25, 0.3) is 0 Å². The Labute approximate surface area is 698 Å². The van der Waals surface area contributed by atoms with Gasteiger partial charge in [-0.25, -0.2) is 0 Å². The molecule has 8 atom stereocenters. The SMILES string of the molecule is CCC(C)(C)C(=O)Oc1ccc(OCOC)cc1.CCC(C)(C)C(=O)Oc1ccc(OCOC2CC3CC2C2CCCC32)cc1.CCC(C)c1ccc(OCOC2C3CC4CC(C3)CC2C4)cc1.CCC(C)c1ccc(OCOCCC2CCCCC2)cc1.CCC(C)c1ccc(OCOCCc2ccc(C3CCCCC3)cc2)cc1. The Kier molecular flexibility index (Phi) is 37.1. The smallest absolute Gasteiger partial charge is 0.316 e. The summed E-state index contributed by atoms with van der Waals surface area (Å²) in [6, 6.07) is 48.6. The Morgan fingerprint density at radius 1 is 0.388 bits per heavy atom. The van der Waals surface area contributed by atoms with E-state index in [1.165, 1.54) is 175 Å². The summed E-state index contributed by atoms with van der Waals surface area (Å²) < 4.78 is 67.3. The van der Waals surface area contributed by atoms with Gasteiger partial charge in [0.05, 0.1) is 36.3 Å². The second-order valence-electron chi connectivity index (χ2n) is 36.3. The maximum Gasteiger partial charge on any atom is 0.316 e. The van der Waals surface area contributed by atoms with Gasteiger partial charge in [-0.2, -0.15) is 0 Å². The normalized spacial score (nSPS) is 23.2. The van der Waals surface area contributed by atoms with Crippen molar-refractivity contribution in [2.75, 3.05) is 54.3 Å². The molecule has 0 amide bonds. The Balaban J connectivity index is 0.000000154. The van der Waals surface area contributed by atoms with Gasteiger partial charge in [-0.05, 0) is 333 Å². The van der Waals surface area contributed by atoms with E-state index < -0.39 is 10.8 Å². The predicted molar refractivity (Wildman–Crippen MR) is 465 cm³/mol. The van der Waals surface area contributed by atoms with Crippen LogP contribution in [0.25, 0.3) is 0 Å². The van der Waals surface area contributed by atoms with Crippen LogP contribution in [0, 0.1) is 64.1 Å². The minimum atomic E-state index is -0.470. The Morgan fingerprint density at radius 2 is 0.793 bits per heavy atom. The number of hydrogen-bond acceptors (Lipinski definition) is 14. The number of ether oxygens (including phenoxy) is 12. The third kappa shape index (κ3) is 28.1. The molecular weight excluding hydrogens is 1450 g/mol. The second-order valence-corrected chi connectivity index (χ2v) is 36.3. The molecule has 6 bridgehead atoms. The van der Waals surface area contributed by atoms with Crippen molar-refractivity contribution in [1.82, 2.24) is 0 Å². The molecule has 0 spiro atoms. The highest BCUT2D eigenvalue weighted by Gasteiger charge is 2.54. The molecule has 8 unspecified atom stereocenters. The molecule has 0 saturated heterocycles. The minimum absolute atomic E-state index is 0.196. The molecule has 9 fully saturated rings. The summed E-state index contributed by atoms with van der Waals surface area (Å²) in [5, 5.41) is 0. The first kappa shape index (κ1) is 91.4. The quantitative estimate of drug-likeness (QED) is 0.0159. The molecule has 0 heterocycles. The first-order valence-electron chi connectivity index (χ1n) is 45.3. The summed E-state index contributed by atoms with van der Waals surface area (Å²) >= 11 is 0. The molecule has 0 N–H and O–H groups in total. The van der Waals surface area contributed by atoms with Crippen molar-refractivity contribution < 1.29 is 66.4 Å². The van der Waals surface area contributed by atoms with E-state index in [0.717, 1.165) is 114 Å². The predicted octanol–water partition coefficient (Wildman–Crippen LogP) is 26.0. The lowest BCUT2D eigenvalue weighted by Gasteiger charge is -2.53. The molecule has 14 nitrogen and oxygen atoms in total. The largest absolute Gasteiger partial charge is 0.468 e. The van der Waals surface area contributed by atoms with Gasteiger partial charge in [-0.1, -0.05) is 174 Å². The summed E-state index contributed by atoms with van der Waals surface area (Å²) in [6.07, 6.45) is 35.8. The van der Waals surface area contributed by atoms with Crippen LogP contribution in [0.4, 0.5) is 0 Å². The highest BCUT2D eigenvalue weighted by molar-refractivity contribution is 5.78. The highest BCUT2D eigenvalue weighted by Crippen LogP contribution is 2.60. The van der Waals surface area contributed by atoms with Crippen LogP contribution in [0.5, 0.6) is 40.2 Å². The fourth-order valence-corrected chi connectivity index (χ4v) is 18.9. The monoisotopic (exact) mass is 1600 g/mol. The van der Waals surface area contributed by atoms with Crippen LogP contribution >= 0.6 is 0 Å². The zero-order valence-electron chi connectivity index (χ0n) is 73.3. The van der Waals surface area contributed by atoms with E-state index in [1.807, 2.05) is 77.9 Å². The first-order chi connectivity index (χ1) is 56.2. The van der Waals surface area contributed by atoms with Crippen LogP contribution in [0.15, 0.2) is 146 Å². The van der Waals surface area contributed by atoms with Crippen molar-refractivity contribution >= 4 is 11.9 Å². The molecule has 9 aliphatic rings. The molecule has 14 heteroatoms. The van der Waals surface area contributed by atoms with Gasteiger partial charge in [0.15, 0.2) is 34.0 Å². The third-order valence-corrected chi connectivity index (χ3v) is 27.6. The standard InChI is InChI=1S/C25H34O2.C23H32O4.C21H30O2.C19H30O2.C14H20O4/c1-3-20(2)22-13-15-25(16-14-22)27-19-26-18-17-21-9-11-24(12-10-21)23-7-5-4-6-8-23;1-4-23(2,3)22(24)27-17-10-8-16(9-11-17)25-14-26-21-13-15-12-20(21)19-7-5-6-18(15)19;1-3-14(2)17-4-6-20(7-5-17)22-13-23-21-18-9-15-8-16(11-18)12-19(21)10-15;1-3-16(2)18-9-11-19(12-10-18)21-15-20-14-13-17-7-5-4-6-8-17;1-5-14(2,3)13(15)18-12-8-6-11(7-9-12)17-10-16-4/h9-16,20,23H,3-8,17-19H2,1-2H3;8-11,15,18-21H,4-7,12-14H2,1-3H3;4-7,14-16,18-19,21H,3,8-13H2,1-2H3;9-12,16-17H,3-8,13-15H2,1-2H3;6-9H,5,10H2,1-4H3. The molecular formula is C102H146O14. The van der Waals surface area contributed by atoms with Gasteiger partial charge < -0.3 is 56.8 Å². The van der Waals surface area contributed by atoms with Crippen molar-refractivity contribution in [3.8, 4) is 40.2 Å². The average molecular weight is 1600 g/mol. The van der Waals surface area contributed by atoms with Crippen LogP contribution < -0.4 is 33.2 Å². The van der Waals surface area contributed by atoms with Crippen LogP contribution in [-0.2, 0) is 39.7 Å². The number of hydrogen-bond donors (Lipinski definition) is 0. The summed E-state index contributed by atoms with van der Waals surface area (Å²) in [7, 11) is 1.56. The van der Waals surface area contributed by atoms with Gasteiger partial charge in [0, 0.05) is 7.11 Å². The van der Waals surface area contributed by atoms with E-state index in [-0.39, 0.29) is 18.7 Å². The molecule has 9 aliphatic carbocycles. The highest BCUT2D eigenvalue weighted by atomic mass is 16.7. The molecule has 9 saturated carbocycles. The maximum atomic E-state index is 12.1. The van der Waals surface area contributed by atoms with E-state index in [4.69, 9.17) is 56.8 Å². The average Bonchev–Trinajstić information content (AvgIpc) is 1.63. The van der Waals surface area contributed by atoms with Crippen molar-refractivity contribution in [3.05, 3.63) is 173 Å². The van der Waals surface area contributed by atoms with E-state index in [1.54, 1.807) is 43.5 Å². The maximum absolute atomic E-state index is 12.1. The molecule has 116 heavy (non-hydrogen) atoms. The van der Waals surface area contributed by atoms with Crippen LogP contribution in [0.1, 0.15) is 302 Å². The number of methoxy groups -OCH3 is 1. The van der Waals surface area contributed by atoms with Gasteiger partial charge in [-0.15, -0.1) is 0 Å². The number of carbonyl (C=O) groups is 2. The number of esters is 2. The molecule has 15 rings (SSSR count). The van der Waals surface area contributed by atoms with Gasteiger partial charge in [0.1, 0.15) is 40.2 Å². The van der Waals surface area contributed by atoms with Gasteiger partial charge in [0.2, 0.25) is 0 Å². The van der Waals surface area contributed by atoms with Crippen LogP contribution in [-0.4, -0.2) is 78.4 Å². The number of benzene rings is 6. The zero-order valence-corrected chi connectivity index (χ0v) is 73.3. The van der Waals surface area contributed by atoms with Crippen LogP contribution in [0.3, 0.4) is 0 Å². The molecule has 6 aromatic carbocycles. The minimum Gasteiger partial charge on any atom is -0.468 e. The van der Waals surface area contributed by atoms with Gasteiger partial charge in [-0.3, -0.25) is 9.59 Å². The molecule has 0 aromatic heterocycles. The summed E-state index contributed by atoms with van der Waals surface area (Å²) in [6.45, 7) is 28.0. The lowest BCUT2D eigenvalue weighted by molar-refractivity contribution is -0.155. The lowest BCUT2D eigenvalue weighted by atomic mass is 9.55. The molecule has 0 aliphatic heterocycles. The fourth-order valence-electron chi connectivity index (χ4n) is 18.9. The van der Waals surface area contributed by atoms with Crippen molar-refractivity contribution in [2.45, 2.75) is 292 Å².